The normalized spacial score (nSPS) is 19.3. The van der Waals surface area contributed by atoms with Crippen LogP contribution in [0.15, 0.2) is 12.1 Å². The second-order valence-electron chi connectivity index (χ2n) is 4.38. The van der Waals surface area contributed by atoms with Crippen molar-refractivity contribution in [1.29, 1.82) is 0 Å². The summed E-state index contributed by atoms with van der Waals surface area (Å²) in [7, 11) is 1.45. The van der Waals surface area contributed by atoms with Crippen LogP contribution in [0.5, 0.6) is 5.75 Å². The number of hydrogen-bond acceptors (Lipinski definition) is 2. The molecule has 2 nitrogen and oxygen atoms in total. The number of halogens is 2. The Balaban J connectivity index is 2.56. The maximum atomic E-state index is 14.2. The molecule has 16 heavy (non-hydrogen) atoms. The van der Waals surface area contributed by atoms with E-state index in [0.717, 1.165) is 12.8 Å². The monoisotopic (exact) mass is 243 g/mol. The summed E-state index contributed by atoms with van der Waals surface area (Å²) in [4.78, 5) is 0. The molecule has 1 aromatic rings. The number of rotatable bonds is 3. The Labute approximate surface area is 99.5 Å². The first-order valence-electron chi connectivity index (χ1n) is 5.31. The van der Waals surface area contributed by atoms with Gasteiger partial charge in [0.1, 0.15) is 0 Å². The van der Waals surface area contributed by atoms with E-state index < -0.39 is 0 Å². The van der Waals surface area contributed by atoms with E-state index in [1.807, 2.05) is 6.92 Å². The topological polar surface area (TPSA) is 35.2 Å². The molecule has 1 atom stereocenters. The van der Waals surface area contributed by atoms with Crippen LogP contribution in [0.4, 0.5) is 4.39 Å². The lowest BCUT2D eigenvalue weighted by atomic mass is 9.89. The Morgan fingerprint density at radius 1 is 1.50 bits per heavy atom. The fourth-order valence-corrected chi connectivity index (χ4v) is 2.55. The molecule has 0 amide bonds. The van der Waals surface area contributed by atoms with E-state index in [1.54, 1.807) is 12.1 Å². The molecule has 0 spiro atoms. The molecule has 0 bridgehead atoms. The van der Waals surface area contributed by atoms with Gasteiger partial charge in [-0.3, -0.25) is 0 Å². The van der Waals surface area contributed by atoms with Gasteiger partial charge in [-0.25, -0.2) is 4.39 Å². The number of methoxy groups -OCH3 is 1. The van der Waals surface area contributed by atoms with Crippen molar-refractivity contribution in [3.63, 3.8) is 0 Å². The smallest absolute Gasteiger partial charge is 0.170 e. The summed E-state index contributed by atoms with van der Waals surface area (Å²) in [6.45, 7) is 1.89. The zero-order valence-electron chi connectivity index (χ0n) is 9.39. The van der Waals surface area contributed by atoms with Crippen molar-refractivity contribution in [2.24, 2.45) is 5.73 Å². The highest BCUT2D eigenvalue weighted by atomic mass is 35.5. The molecule has 0 aromatic heterocycles. The zero-order chi connectivity index (χ0) is 11.9. The third kappa shape index (κ3) is 1.59. The molecule has 2 N–H and O–H groups in total. The van der Waals surface area contributed by atoms with Crippen LogP contribution < -0.4 is 10.5 Å². The first-order valence-corrected chi connectivity index (χ1v) is 5.69. The molecule has 1 unspecified atom stereocenters. The fourth-order valence-electron chi connectivity index (χ4n) is 2.22. The largest absolute Gasteiger partial charge is 0.494 e. The number of benzene rings is 1. The molecular weight excluding hydrogens is 229 g/mol. The predicted molar refractivity (Wildman–Crippen MR) is 62.5 cm³/mol. The number of ether oxygens (including phenoxy) is 1. The van der Waals surface area contributed by atoms with E-state index in [2.05, 4.69) is 0 Å². The van der Waals surface area contributed by atoms with Crippen LogP contribution in [-0.4, -0.2) is 13.2 Å². The average molecular weight is 244 g/mol. The first kappa shape index (κ1) is 11.7. The van der Waals surface area contributed by atoms with Crippen LogP contribution in [0.1, 0.15) is 25.3 Å². The molecule has 88 valence electrons. The van der Waals surface area contributed by atoms with Gasteiger partial charge in [-0.2, -0.15) is 0 Å². The third-order valence-electron chi connectivity index (χ3n) is 3.43. The van der Waals surface area contributed by atoms with Gasteiger partial charge in [0.15, 0.2) is 11.6 Å². The van der Waals surface area contributed by atoms with Gasteiger partial charge in [0.05, 0.1) is 7.11 Å². The van der Waals surface area contributed by atoms with Crippen molar-refractivity contribution in [2.75, 3.05) is 7.11 Å². The zero-order valence-corrected chi connectivity index (χ0v) is 10.1. The number of hydrogen-bond donors (Lipinski definition) is 1. The van der Waals surface area contributed by atoms with Crippen molar-refractivity contribution in [1.82, 2.24) is 0 Å². The molecule has 0 aliphatic heterocycles. The van der Waals surface area contributed by atoms with E-state index >= 15 is 0 Å². The van der Waals surface area contributed by atoms with Gasteiger partial charge in [-0.15, -0.1) is 0 Å². The van der Waals surface area contributed by atoms with Gasteiger partial charge in [0.2, 0.25) is 0 Å². The van der Waals surface area contributed by atoms with Crippen molar-refractivity contribution in [3.8, 4) is 5.75 Å². The lowest BCUT2D eigenvalue weighted by molar-refractivity contribution is 0.379. The minimum absolute atomic E-state index is 0.105. The molecule has 1 saturated carbocycles. The Morgan fingerprint density at radius 2 is 2.12 bits per heavy atom. The molecule has 1 aromatic carbocycles. The van der Waals surface area contributed by atoms with Crippen molar-refractivity contribution >= 4 is 11.6 Å². The van der Waals surface area contributed by atoms with E-state index in [0.29, 0.717) is 10.6 Å². The van der Waals surface area contributed by atoms with Gasteiger partial charge in [0, 0.05) is 22.0 Å². The lowest BCUT2D eigenvalue weighted by Gasteiger charge is -2.22. The predicted octanol–water partition coefficient (Wildman–Crippen LogP) is 2.87. The molecule has 1 aliphatic carbocycles. The van der Waals surface area contributed by atoms with Gasteiger partial charge in [-0.05, 0) is 31.9 Å². The first-order chi connectivity index (χ1) is 7.53. The Morgan fingerprint density at radius 3 is 2.56 bits per heavy atom. The van der Waals surface area contributed by atoms with E-state index in [-0.39, 0.29) is 23.0 Å². The fraction of sp³-hybridized carbons (Fsp3) is 0.500. The van der Waals surface area contributed by atoms with Crippen molar-refractivity contribution < 1.29 is 9.13 Å². The highest BCUT2D eigenvalue weighted by molar-refractivity contribution is 6.31. The molecule has 0 radical (unpaired) electrons. The number of nitrogens with two attached hydrogens (primary N) is 1. The van der Waals surface area contributed by atoms with Crippen LogP contribution in [0.2, 0.25) is 5.02 Å². The summed E-state index contributed by atoms with van der Waals surface area (Å²) in [5.74, 6) is -0.142. The molecule has 1 fully saturated rings. The quantitative estimate of drug-likeness (QED) is 0.886. The molecule has 1 aliphatic rings. The van der Waals surface area contributed by atoms with E-state index in [9.17, 15) is 4.39 Å². The minimum atomic E-state index is -0.371. The van der Waals surface area contributed by atoms with Gasteiger partial charge in [0.25, 0.3) is 0 Å². The Hall–Kier alpha value is -0.800. The van der Waals surface area contributed by atoms with Crippen LogP contribution in [0.25, 0.3) is 0 Å². The molecule has 0 heterocycles. The van der Waals surface area contributed by atoms with Crippen LogP contribution in [-0.2, 0) is 5.41 Å². The molecule has 4 heteroatoms. The standard InChI is InChI=1S/C12H15ClFNO/c1-7(15)12(5-6-12)10-8(13)3-4-9(16-2)11(10)14/h3-4,7H,5-6,15H2,1-2H3. The van der Waals surface area contributed by atoms with Crippen LogP contribution in [0, 0.1) is 5.82 Å². The summed E-state index contributed by atoms with van der Waals surface area (Å²) in [6, 6.07) is 3.10. The summed E-state index contributed by atoms with van der Waals surface area (Å²) in [5.41, 5.74) is 6.15. The minimum Gasteiger partial charge on any atom is -0.494 e. The van der Waals surface area contributed by atoms with Crippen LogP contribution in [0.3, 0.4) is 0 Å². The molecule has 2 rings (SSSR count). The van der Waals surface area contributed by atoms with Crippen molar-refractivity contribution in [3.05, 3.63) is 28.5 Å². The summed E-state index contributed by atoms with van der Waals surface area (Å²) in [5, 5.41) is 0.438. The lowest BCUT2D eigenvalue weighted by Crippen LogP contribution is -2.32. The SMILES string of the molecule is COc1ccc(Cl)c(C2(C(C)N)CC2)c1F. The average Bonchev–Trinajstić information content (AvgIpc) is 2.99. The Bertz CT molecular complexity index is 416. The van der Waals surface area contributed by atoms with Crippen LogP contribution >= 0.6 is 11.6 Å². The van der Waals surface area contributed by atoms with Gasteiger partial charge >= 0.3 is 0 Å². The molecular formula is C12H15ClFNO. The van der Waals surface area contributed by atoms with Gasteiger partial charge in [-0.1, -0.05) is 11.6 Å². The molecule has 0 saturated heterocycles. The Kier molecular flexibility index (Phi) is 2.84. The summed E-state index contributed by atoms with van der Waals surface area (Å²) >= 11 is 6.08. The maximum Gasteiger partial charge on any atom is 0.170 e. The second-order valence-corrected chi connectivity index (χ2v) is 4.79. The highest BCUT2D eigenvalue weighted by Gasteiger charge is 2.50. The summed E-state index contributed by atoms with van der Waals surface area (Å²) in [6.07, 6.45) is 1.77. The second kappa shape index (κ2) is 3.90. The van der Waals surface area contributed by atoms with Gasteiger partial charge < -0.3 is 10.5 Å². The van der Waals surface area contributed by atoms with E-state index in [4.69, 9.17) is 22.1 Å². The highest BCUT2D eigenvalue weighted by Crippen LogP contribution is 2.54. The van der Waals surface area contributed by atoms with Crippen molar-refractivity contribution in [2.45, 2.75) is 31.2 Å². The third-order valence-corrected chi connectivity index (χ3v) is 3.75. The summed E-state index contributed by atoms with van der Waals surface area (Å²) < 4.78 is 19.1. The maximum absolute atomic E-state index is 14.2. The van der Waals surface area contributed by atoms with E-state index in [1.165, 1.54) is 7.11 Å².